The standard InChI is InChI=1S/C18H20N2O3S2/c1-2-16-15-10-12-24-17(15)9-11-20(16)18(21)8-5-13-3-6-14(7-4-13)25(19,22)23/h3-8,10,12,16H,2,9,11H2,1H3,(H2,19,22,23)/b8-5+/t16-/m0/s1. The fourth-order valence-electron chi connectivity index (χ4n) is 3.13. The molecule has 1 aliphatic rings. The Morgan fingerprint density at radius 1 is 1.32 bits per heavy atom. The largest absolute Gasteiger partial charge is 0.332 e. The highest BCUT2D eigenvalue weighted by Gasteiger charge is 2.29. The van der Waals surface area contributed by atoms with Crippen LogP contribution in [0.5, 0.6) is 0 Å². The number of carbonyl (C=O) groups excluding carboxylic acids is 1. The molecule has 1 aliphatic heterocycles. The number of carbonyl (C=O) groups is 1. The number of primary sulfonamides is 1. The van der Waals surface area contributed by atoms with Gasteiger partial charge in [0, 0.05) is 17.5 Å². The maximum absolute atomic E-state index is 12.6. The minimum Gasteiger partial charge on any atom is -0.332 e. The van der Waals surface area contributed by atoms with E-state index in [9.17, 15) is 13.2 Å². The van der Waals surface area contributed by atoms with E-state index >= 15 is 0 Å². The van der Waals surface area contributed by atoms with Crippen LogP contribution in [0.15, 0.2) is 46.7 Å². The Morgan fingerprint density at radius 3 is 2.68 bits per heavy atom. The molecule has 0 spiro atoms. The summed E-state index contributed by atoms with van der Waals surface area (Å²) >= 11 is 1.76. The fourth-order valence-corrected chi connectivity index (χ4v) is 4.58. The van der Waals surface area contributed by atoms with Crippen molar-refractivity contribution in [2.75, 3.05) is 6.54 Å². The number of amides is 1. The van der Waals surface area contributed by atoms with Crippen LogP contribution in [-0.4, -0.2) is 25.8 Å². The van der Waals surface area contributed by atoms with Crippen LogP contribution in [0.1, 0.15) is 35.4 Å². The maximum Gasteiger partial charge on any atom is 0.247 e. The second-order valence-corrected chi connectivity index (χ2v) is 8.51. The zero-order valence-electron chi connectivity index (χ0n) is 13.9. The molecule has 1 aromatic heterocycles. The van der Waals surface area contributed by atoms with Crippen LogP contribution in [0.3, 0.4) is 0 Å². The molecule has 0 fully saturated rings. The lowest BCUT2D eigenvalue weighted by molar-refractivity contribution is -0.128. The summed E-state index contributed by atoms with van der Waals surface area (Å²) in [5.74, 6) is -0.0285. The first kappa shape index (κ1) is 17.8. The SMILES string of the molecule is CC[C@H]1c2ccsc2CCN1C(=O)/C=C/c1ccc(S(N)(=O)=O)cc1. The molecule has 1 aromatic carbocycles. The summed E-state index contributed by atoms with van der Waals surface area (Å²) < 4.78 is 22.5. The number of nitrogens with two attached hydrogens (primary N) is 1. The maximum atomic E-state index is 12.6. The third-order valence-electron chi connectivity index (χ3n) is 4.39. The molecule has 132 valence electrons. The molecular formula is C18H20N2O3S2. The lowest BCUT2D eigenvalue weighted by Crippen LogP contribution is -2.38. The van der Waals surface area contributed by atoms with Gasteiger partial charge < -0.3 is 4.90 Å². The molecule has 0 aliphatic carbocycles. The van der Waals surface area contributed by atoms with E-state index in [1.165, 1.54) is 22.6 Å². The van der Waals surface area contributed by atoms with E-state index < -0.39 is 10.0 Å². The van der Waals surface area contributed by atoms with Gasteiger partial charge in [-0.15, -0.1) is 11.3 Å². The molecule has 25 heavy (non-hydrogen) atoms. The molecule has 2 N–H and O–H groups in total. The third-order valence-corrected chi connectivity index (χ3v) is 6.32. The van der Waals surface area contributed by atoms with Crippen molar-refractivity contribution in [3.8, 4) is 0 Å². The second-order valence-electron chi connectivity index (χ2n) is 5.95. The molecule has 2 aromatic rings. The first-order valence-corrected chi connectivity index (χ1v) is 10.5. The van der Waals surface area contributed by atoms with Gasteiger partial charge in [0.05, 0.1) is 10.9 Å². The molecule has 5 nitrogen and oxygen atoms in total. The summed E-state index contributed by atoms with van der Waals surface area (Å²) in [7, 11) is -3.70. The van der Waals surface area contributed by atoms with Crippen molar-refractivity contribution in [1.29, 1.82) is 0 Å². The quantitative estimate of drug-likeness (QED) is 0.833. The van der Waals surface area contributed by atoms with Gasteiger partial charge in [0.1, 0.15) is 0 Å². The highest BCUT2D eigenvalue weighted by atomic mass is 32.2. The van der Waals surface area contributed by atoms with Crippen LogP contribution in [0.2, 0.25) is 0 Å². The number of fused-ring (bicyclic) bond motifs is 1. The van der Waals surface area contributed by atoms with Crippen molar-refractivity contribution in [2.45, 2.75) is 30.7 Å². The predicted octanol–water partition coefficient (Wildman–Crippen LogP) is 2.94. The van der Waals surface area contributed by atoms with E-state index in [1.807, 2.05) is 4.90 Å². The van der Waals surface area contributed by atoms with E-state index in [0.29, 0.717) is 0 Å². The molecule has 3 rings (SSSR count). The molecule has 0 bridgehead atoms. The number of hydrogen-bond donors (Lipinski definition) is 1. The lowest BCUT2D eigenvalue weighted by Gasteiger charge is -2.34. The fraction of sp³-hybridized carbons (Fsp3) is 0.278. The molecule has 1 atom stereocenters. The van der Waals surface area contributed by atoms with Crippen molar-refractivity contribution >= 4 is 33.3 Å². The number of nitrogens with zero attached hydrogens (tertiary/aromatic N) is 1. The number of rotatable bonds is 4. The van der Waals surface area contributed by atoms with Gasteiger partial charge in [0.2, 0.25) is 15.9 Å². The van der Waals surface area contributed by atoms with Gasteiger partial charge in [0.25, 0.3) is 0 Å². The second kappa shape index (κ2) is 7.11. The highest BCUT2D eigenvalue weighted by Crippen LogP contribution is 2.35. The Kier molecular flexibility index (Phi) is 5.08. The van der Waals surface area contributed by atoms with Crippen LogP contribution < -0.4 is 5.14 Å². The average Bonchev–Trinajstić information content (AvgIpc) is 3.07. The van der Waals surface area contributed by atoms with Crippen LogP contribution in [0.25, 0.3) is 6.08 Å². The van der Waals surface area contributed by atoms with Crippen molar-refractivity contribution in [3.05, 3.63) is 57.8 Å². The minimum absolute atomic E-state index is 0.0285. The zero-order chi connectivity index (χ0) is 18.0. The van der Waals surface area contributed by atoms with Gasteiger partial charge in [0.15, 0.2) is 0 Å². The molecule has 0 saturated carbocycles. The number of sulfonamides is 1. The molecule has 1 amide bonds. The Labute approximate surface area is 151 Å². The molecular weight excluding hydrogens is 356 g/mol. The Hall–Kier alpha value is -1.96. The van der Waals surface area contributed by atoms with Crippen LogP contribution in [0, 0.1) is 0 Å². The first-order chi connectivity index (χ1) is 11.9. The number of thiophene rings is 1. The van der Waals surface area contributed by atoms with Crippen LogP contribution in [-0.2, 0) is 21.2 Å². The van der Waals surface area contributed by atoms with Gasteiger partial charge >= 0.3 is 0 Å². The monoisotopic (exact) mass is 376 g/mol. The Bertz CT molecular complexity index is 899. The third kappa shape index (κ3) is 3.84. The van der Waals surface area contributed by atoms with Gasteiger partial charge in [-0.3, -0.25) is 4.79 Å². The van der Waals surface area contributed by atoms with E-state index in [1.54, 1.807) is 35.6 Å². The smallest absolute Gasteiger partial charge is 0.247 e. The van der Waals surface area contributed by atoms with Gasteiger partial charge in [-0.25, -0.2) is 13.6 Å². The van der Waals surface area contributed by atoms with Crippen molar-refractivity contribution in [1.82, 2.24) is 4.90 Å². The number of benzene rings is 1. The summed E-state index contributed by atoms with van der Waals surface area (Å²) in [6.45, 7) is 2.81. The molecule has 0 unspecified atom stereocenters. The van der Waals surface area contributed by atoms with Crippen molar-refractivity contribution in [3.63, 3.8) is 0 Å². The summed E-state index contributed by atoms with van der Waals surface area (Å²) in [5, 5.41) is 7.17. The van der Waals surface area contributed by atoms with Gasteiger partial charge in [-0.2, -0.15) is 0 Å². The highest BCUT2D eigenvalue weighted by molar-refractivity contribution is 7.89. The number of hydrogen-bond acceptors (Lipinski definition) is 4. The van der Waals surface area contributed by atoms with E-state index in [4.69, 9.17) is 5.14 Å². The molecule has 7 heteroatoms. The van der Waals surface area contributed by atoms with E-state index in [2.05, 4.69) is 18.4 Å². The van der Waals surface area contributed by atoms with Crippen LogP contribution in [0.4, 0.5) is 0 Å². The first-order valence-electron chi connectivity index (χ1n) is 8.08. The average molecular weight is 377 g/mol. The Balaban J connectivity index is 1.75. The predicted molar refractivity (Wildman–Crippen MR) is 99.6 cm³/mol. The normalized spacial score (nSPS) is 17.7. The summed E-state index contributed by atoms with van der Waals surface area (Å²) in [5.41, 5.74) is 2.01. The molecule has 2 heterocycles. The van der Waals surface area contributed by atoms with Crippen molar-refractivity contribution in [2.24, 2.45) is 5.14 Å². The molecule has 0 saturated heterocycles. The van der Waals surface area contributed by atoms with E-state index in [0.717, 1.165) is 24.9 Å². The topological polar surface area (TPSA) is 80.5 Å². The lowest BCUT2D eigenvalue weighted by atomic mass is 9.97. The Morgan fingerprint density at radius 2 is 2.04 bits per heavy atom. The van der Waals surface area contributed by atoms with Crippen molar-refractivity contribution < 1.29 is 13.2 Å². The van der Waals surface area contributed by atoms with Gasteiger partial charge in [-0.05, 0) is 53.6 Å². The summed E-state index contributed by atoms with van der Waals surface area (Å²) in [6.07, 6.45) is 5.02. The van der Waals surface area contributed by atoms with Crippen LogP contribution >= 0.6 is 11.3 Å². The zero-order valence-corrected chi connectivity index (χ0v) is 15.5. The van der Waals surface area contributed by atoms with Gasteiger partial charge in [-0.1, -0.05) is 19.1 Å². The summed E-state index contributed by atoms with van der Waals surface area (Å²) in [6, 6.07) is 8.38. The molecule has 0 radical (unpaired) electrons. The van der Waals surface area contributed by atoms with E-state index in [-0.39, 0.29) is 16.8 Å². The minimum atomic E-state index is -3.70. The summed E-state index contributed by atoms with van der Waals surface area (Å²) in [4.78, 5) is 16.0.